The van der Waals surface area contributed by atoms with Gasteiger partial charge in [-0.25, -0.2) is 28.8 Å². The molecule has 133 heavy (non-hydrogen) atoms. The number of nitrogens with one attached hydrogen (secondary N) is 2. The molecule has 8 fully saturated rings. The number of amides is 2. The van der Waals surface area contributed by atoms with E-state index < -0.39 is 243 Å². The number of hydrogen-bond donors (Lipinski definition) is 10. The molecule has 4 aromatic carbocycles. The summed E-state index contributed by atoms with van der Waals surface area (Å²) in [7, 11) is 0. The molecule has 10 aliphatic rings. The Labute approximate surface area is 773 Å². The maximum Gasteiger partial charge on any atom is 0.408 e. The summed E-state index contributed by atoms with van der Waals surface area (Å²) in [5, 5.41) is 101. The average Bonchev–Trinajstić information content (AvgIpc) is 0.672. The van der Waals surface area contributed by atoms with E-state index in [-0.39, 0.29) is 65.4 Å². The minimum Gasteiger partial charge on any atom is -0.481 e. The number of benzene rings is 4. The van der Waals surface area contributed by atoms with Gasteiger partial charge in [0.2, 0.25) is 6.10 Å². The van der Waals surface area contributed by atoms with Crippen molar-refractivity contribution in [3.8, 4) is 0 Å². The summed E-state index contributed by atoms with van der Waals surface area (Å²) in [6, 6.07) is 29.5. The van der Waals surface area contributed by atoms with Crippen LogP contribution in [-0.4, -0.2) is 232 Å². The van der Waals surface area contributed by atoms with Crippen LogP contribution >= 0.6 is 0 Å². The molecule has 724 valence electrons. The van der Waals surface area contributed by atoms with Crippen LogP contribution in [0.15, 0.2) is 144 Å². The minimum absolute atomic E-state index is 0.0289. The lowest BCUT2D eigenvalue weighted by molar-refractivity contribution is -0.346. The van der Waals surface area contributed by atoms with Crippen LogP contribution < -0.4 is 10.6 Å². The van der Waals surface area contributed by atoms with Gasteiger partial charge in [0.05, 0.1) is 77.1 Å². The lowest BCUT2D eigenvalue weighted by atomic mass is 9.44. The van der Waals surface area contributed by atoms with Crippen LogP contribution in [0.4, 0.5) is 9.59 Å². The third kappa shape index (κ3) is 19.7. The Hall–Kier alpha value is -10.4. The van der Waals surface area contributed by atoms with Crippen molar-refractivity contribution in [1.29, 1.82) is 0 Å². The summed E-state index contributed by atoms with van der Waals surface area (Å²) in [5.74, 6) is -12.5. The fourth-order valence-corrected chi connectivity index (χ4v) is 22.1. The van der Waals surface area contributed by atoms with E-state index in [0.717, 1.165) is 58.8 Å². The highest BCUT2D eigenvalue weighted by molar-refractivity contribution is 5.96. The van der Waals surface area contributed by atoms with E-state index in [2.05, 4.69) is 10.6 Å². The van der Waals surface area contributed by atoms with Crippen LogP contribution in [-0.2, 0) is 90.5 Å². The number of aliphatic hydroxyl groups excluding tert-OH is 5. The lowest BCUT2D eigenvalue weighted by Crippen LogP contribution is -2.81. The third-order valence-corrected chi connectivity index (χ3v) is 29.2. The van der Waals surface area contributed by atoms with E-state index >= 15 is 9.59 Å². The number of Topliss-reactive ketones (excluding diaryl/α,β-unsaturated/α-hetero) is 2. The van der Waals surface area contributed by atoms with Crippen LogP contribution in [0, 0.1) is 45.3 Å². The number of alkyl carbamates (subject to hydrolysis) is 2. The van der Waals surface area contributed by atoms with Crippen molar-refractivity contribution in [1.82, 2.24) is 10.6 Å². The molecule has 2 amide bonds. The molecule has 2 aliphatic heterocycles. The van der Waals surface area contributed by atoms with Gasteiger partial charge in [0.25, 0.3) is 0 Å². The number of carboxylic acid groups (broad SMARTS) is 1. The predicted octanol–water partition coefficient (Wildman–Crippen LogP) is 10.3. The first kappa shape index (κ1) is 102. The largest absolute Gasteiger partial charge is 0.481 e. The number of carbonyl (C=O) groups excluding carboxylic acids is 11. The first-order valence-electron chi connectivity index (χ1n) is 45.7. The zero-order chi connectivity index (χ0) is 97.6. The van der Waals surface area contributed by atoms with Crippen molar-refractivity contribution in [2.45, 2.75) is 320 Å². The van der Waals surface area contributed by atoms with E-state index in [1.54, 1.807) is 166 Å². The highest BCUT2D eigenvalue weighted by Gasteiger charge is 2.80. The van der Waals surface area contributed by atoms with Gasteiger partial charge in [0.1, 0.15) is 77.3 Å². The topological polar surface area (TPSA) is 492 Å². The zero-order valence-electron chi connectivity index (χ0n) is 78.2. The number of hydrogen-bond acceptors (Lipinski definition) is 30. The number of ketones is 2. The Balaban J connectivity index is 0.000000220. The van der Waals surface area contributed by atoms with Gasteiger partial charge in [0.15, 0.2) is 28.9 Å². The molecule has 0 spiro atoms. The van der Waals surface area contributed by atoms with Crippen LogP contribution in [0.3, 0.4) is 0 Å². The molecular formula is C100H128N2O31. The number of carbonyl (C=O) groups is 12. The molecule has 2 heterocycles. The molecule has 4 bridgehead atoms. The zero-order valence-corrected chi connectivity index (χ0v) is 78.2. The van der Waals surface area contributed by atoms with Crippen molar-refractivity contribution in [2.75, 3.05) is 13.2 Å². The van der Waals surface area contributed by atoms with E-state index in [0.29, 0.717) is 24.0 Å². The quantitative estimate of drug-likeness (QED) is 0.0237. The molecule has 14 rings (SSSR count). The second-order valence-corrected chi connectivity index (χ2v) is 40.6. The Bertz CT molecular complexity index is 5070. The molecular weight excluding hydrogens is 1730 g/mol. The molecule has 33 heteroatoms. The Morgan fingerprint density at radius 3 is 1.16 bits per heavy atom. The molecule has 0 unspecified atom stereocenters. The highest BCUT2D eigenvalue weighted by atomic mass is 16.7. The van der Waals surface area contributed by atoms with Gasteiger partial charge in [0, 0.05) is 50.4 Å². The van der Waals surface area contributed by atoms with Gasteiger partial charge in [-0.1, -0.05) is 163 Å². The number of aliphatic hydroxyl groups is 7. The van der Waals surface area contributed by atoms with Gasteiger partial charge in [-0.2, -0.15) is 0 Å². The monoisotopic (exact) mass is 1850 g/mol. The molecule has 10 N–H and O–H groups in total. The SMILES string of the molecule is CC(=O)O[C@@]12CO[C@@H]1C[C@H](O)[C@@]1(C)C(=O)[C@H](O)C3=C(C)[C@@H](OC(=O)[C@H](O)[C@@H](NC(=O)OC(C)(C)C)c4ccccc4)C[C@@](O)([C@@H](OC(=O)c4ccccc4)[C@H]21)C3(C)C.CC(=O)O[C@@]12CO[C@@H]1C[C@H](O)[C@@]1(C)C(=O)[C@H](O)C3=C(C)[C@@H](OC(=O)[C@H](OC(=O)C4CCCCC4)[C@@H](NC(=O)OC(C)(C)C)c4ccccc4)C[C@@](O)([C@@H](OC(=O)c4ccccc4)[C@H]21)C3(C)C.O=C(O)C1CCCCC1. The van der Waals surface area contributed by atoms with E-state index in [1.165, 1.54) is 58.4 Å². The number of ether oxygens (including phenoxy) is 11. The number of carboxylic acids is 1. The van der Waals surface area contributed by atoms with Crippen molar-refractivity contribution >= 4 is 71.5 Å². The number of aliphatic carboxylic acids is 1. The molecule has 8 aliphatic carbocycles. The second kappa shape index (κ2) is 39.2. The fourth-order valence-electron chi connectivity index (χ4n) is 22.1. The summed E-state index contributed by atoms with van der Waals surface area (Å²) in [4.78, 5) is 164. The van der Waals surface area contributed by atoms with Crippen molar-refractivity contribution in [3.63, 3.8) is 0 Å². The summed E-state index contributed by atoms with van der Waals surface area (Å²) in [6.45, 7) is 23.7. The summed E-state index contributed by atoms with van der Waals surface area (Å²) in [5.41, 5.74) is -16.4. The Kier molecular flexibility index (Phi) is 29.9. The maximum atomic E-state index is 15.2. The Morgan fingerprint density at radius 2 is 0.820 bits per heavy atom. The molecule has 6 saturated carbocycles. The summed E-state index contributed by atoms with van der Waals surface area (Å²) >= 11 is 0. The van der Waals surface area contributed by atoms with Crippen LogP contribution in [0.5, 0.6) is 0 Å². The second-order valence-electron chi connectivity index (χ2n) is 40.6. The van der Waals surface area contributed by atoms with E-state index in [9.17, 15) is 83.7 Å². The smallest absolute Gasteiger partial charge is 0.408 e. The van der Waals surface area contributed by atoms with Crippen molar-refractivity contribution in [3.05, 3.63) is 166 Å². The number of esters is 7. The summed E-state index contributed by atoms with van der Waals surface area (Å²) in [6.07, 6.45) is -14.1. The first-order valence-corrected chi connectivity index (χ1v) is 45.7. The molecule has 2 saturated heterocycles. The maximum absolute atomic E-state index is 15.2. The van der Waals surface area contributed by atoms with Gasteiger partial charge < -0.3 is 104 Å². The predicted molar refractivity (Wildman–Crippen MR) is 472 cm³/mol. The molecule has 0 aromatic heterocycles. The first-order chi connectivity index (χ1) is 62.3. The van der Waals surface area contributed by atoms with Crippen LogP contribution in [0.2, 0.25) is 0 Å². The lowest BCUT2D eigenvalue weighted by Gasteiger charge is -2.67. The van der Waals surface area contributed by atoms with Gasteiger partial charge in [-0.05, 0) is 153 Å². The van der Waals surface area contributed by atoms with E-state index in [1.807, 2.05) is 0 Å². The van der Waals surface area contributed by atoms with Gasteiger partial charge in [-0.3, -0.25) is 28.8 Å². The third-order valence-electron chi connectivity index (χ3n) is 29.2. The Morgan fingerprint density at radius 1 is 0.474 bits per heavy atom. The summed E-state index contributed by atoms with van der Waals surface area (Å²) < 4.78 is 65.9. The van der Waals surface area contributed by atoms with Gasteiger partial charge in [-0.15, -0.1) is 0 Å². The van der Waals surface area contributed by atoms with Crippen LogP contribution in [0.1, 0.15) is 245 Å². The molecule has 22 atom stereocenters. The van der Waals surface area contributed by atoms with Gasteiger partial charge >= 0.3 is 59.9 Å². The standard InChI is InChI=1S/C50H63NO15.C43H53NO14.C7H12O2/c1-27-32(62-44(58)38(63-42(56)30-20-14-10-15-21-30)36(29-18-12-9-13-19-29)51-45(59)66-46(3,4)5)25-50(60)41(64-43(57)31-22-16-11-17-23-31)39-48(8,40(55)37(54)35(27)47(50,6)7)33(53)24-34-49(39,26-61-34)65-28(2)52;1-22-26(55-37(51)32(48)30(24-15-11-9-12-16-24)44-38(52)58-39(3,4)5)20-43(53)35(56-36(50)25-17-13-10-14-18-25)33-41(8,34(49)31(47)29(22)40(43,6)7)27(46)19-28-42(33,21-54-28)57-23(2)45;8-7(9)6-4-2-1-3-5-6/h9,11-13,16-19,22-23,30,32-34,36-39,41,53-54,60H,10,14-15,20-21,24-26H2,1-8H3,(H,51,59);9-18,26-28,30-33,35,46-48,53H,19-21H2,1-8H3,(H,44,52);6H,1-5H2,(H,8,9)/t32-,33-,34+,36-,37+,38+,39-,41-,48+,49-,50+;26-,27-,28+,30-,31+,32+,33-,35-,41+,42-,43+;/m00./s1. The minimum atomic E-state index is -2.39. The van der Waals surface area contributed by atoms with Crippen molar-refractivity contribution < 1.29 is 150 Å². The molecule has 4 aromatic rings. The number of rotatable bonds is 19. The fraction of sp³-hybridized carbons (Fsp3) is 0.600. The molecule has 33 nitrogen and oxygen atoms in total. The van der Waals surface area contributed by atoms with Crippen molar-refractivity contribution in [2.24, 2.45) is 45.3 Å². The highest BCUT2D eigenvalue weighted by Crippen LogP contribution is 2.67. The van der Waals surface area contributed by atoms with Crippen LogP contribution in [0.25, 0.3) is 0 Å². The average molecular weight is 1850 g/mol. The van der Waals surface area contributed by atoms with E-state index in [4.69, 9.17) is 57.2 Å². The molecule has 0 radical (unpaired) electrons. The normalized spacial score (nSPS) is 32.4. The number of fused-ring (bicyclic) bond motifs is 10.